The molecule has 0 saturated carbocycles. The minimum absolute atomic E-state index is 0.0811. The fourth-order valence-electron chi connectivity index (χ4n) is 6.19. The molecule has 270 valence electrons. The minimum atomic E-state index is -2.33. The number of carbonyl (C=O) groups is 2. The van der Waals surface area contributed by atoms with Gasteiger partial charge in [0.1, 0.15) is 17.5 Å². The summed E-state index contributed by atoms with van der Waals surface area (Å²) in [5, 5.41) is 3.78. The van der Waals surface area contributed by atoms with E-state index in [-0.39, 0.29) is 23.2 Å². The number of nitrogens with one attached hydrogen (secondary N) is 1. The standard InChI is InChI=1S/C41H51FN4O4Si/c1-12-21-45-25-29(31-15-13-14-16-33(31)45)23-32(43-38(48)49-39(2,3)4)37(47)46-26-41(8,9)35-34(46)24-28(22-27-17-19-30(42)20-18-27)36(44-35)50-51(10,11)40(5,6)7/h1,13-20,24-25,32H,21-23,26H2,2-11H3,(H,43,48)/t32-/m0/s1. The third-order valence-corrected chi connectivity index (χ3v) is 14.1. The van der Waals surface area contributed by atoms with Crippen LogP contribution in [0.25, 0.3) is 10.9 Å². The number of hydrogen-bond donors (Lipinski definition) is 1. The number of hydrogen-bond acceptors (Lipinski definition) is 5. The lowest BCUT2D eigenvalue weighted by Gasteiger charge is -2.36. The van der Waals surface area contributed by atoms with Gasteiger partial charge in [0.25, 0.3) is 8.32 Å². The van der Waals surface area contributed by atoms with E-state index in [0.717, 1.165) is 33.3 Å². The number of carbonyl (C=O) groups excluding carboxylic acids is 2. The van der Waals surface area contributed by atoms with Crippen molar-refractivity contribution in [3.05, 3.63) is 89.0 Å². The van der Waals surface area contributed by atoms with E-state index >= 15 is 0 Å². The van der Waals surface area contributed by atoms with Gasteiger partial charge in [-0.2, -0.15) is 0 Å². The van der Waals surface area contributed by atoms with Crippen molar-refractivity contribution in [3.8, 4) is 18.2 Å². The first-order valence-electron chi connectivity index (χ1n) is 17.5. The average molecular weight is 711 g/mol. The lowest BCUT2D eigenvalue weighted by molar-refractivity contribution is -0.120. The van der Waals surface area contributed by atoms with Crippen molar-refractivity contribution in [1.82, 2.24) is 14.9 Å². The zero-order chi connectivity index (χ0) is 37.5. The van der Waals surface area contributed by atoms with Gasteiger partial charge >= 0.3 is 6.09 Å². The number of rotatable bonds is 9. The molecule has 10 heteroatoms. The van der Waals surface area contributed by atoms with Crippen molar-refractivity contribution >= 4 is 36.9 Å². The molecule has 8 nitrogen and oxygen atoms in total. The van der Waals surface area contributed by atoms with E-state index in [4.69, 9.17) is 20.6 Å². The van der Waals surface area contributed by atoms with Gasteiger partial charge in [0.15, 0.2) is 0 Å². The molecule has 2 aromatic heterocycles. The second-order valence-corrected chi connectivity index (χ2v) is 21.4. The maximum Gasteiger partial charge on any atom is 0.408 e. The van der Waals surface area contributed by atoms with Gasteiger partial charge in [-0.15, -0.1) is 6.42 Å². The van der Waals surface area contributed by atoms with Crippen LogP contribution >= 0.6 is 0 Å². The second-order valence-electron chi connectivity index (χ2n) is 16.7. The van der Waals surface area contributed by atoms with E-state index < -0.39 is 31.5 Å². The van der Waals surface area contributed by atoms with Crippen LogP contribution in [0.3, 0.4) is 0 Å². The van der Waals surface area contributed by atoms with Gasteiger partial charge in [0.05, 0.1) is 17.9 Å². The molecule has 1 atom stereocenters. The number of fused-ring (bicyclic) bond motifs is 2. The molecule has 1 aliphatic heterocycles. The molecule has 5 rings (SSSR count). The molecule has 3 heterocycles. The van der Waals surface area contributed by atoms with Crippen molar-refractivity contribution in [2.45, 2.75) is 110 Å². The zero-order valence-electron chi connectivity index (χ0n) is 31.6. The van der Waals surface area contributed by atoms with E-state index in [1.165, 1.54) is 12.1 Å². The Morgan fingerprint density at radius 1 is 1.06 bits per heavy atom. The van der Waals surface area contributed by atoms with Crippen molar-refractivity contribution in [3.63, 3.8) is 0 Å². The Bertz CT molecular complexity index is 1980. The molecule has 0 radical (unpaired) electrons. The van der Waals surface area contributed by atoms with Crippen molar-refractivity contribution < 1.29 is 23.1 Å². The van der Waals surface area contributed by atoms with Crippen LogP contribution in [-0.4, -0.2) is 48.1 Å². The van der Waals surface area contributed by atoms with Gasteiger partial charge < -0.3 is 23.9 Å². The normalized spacial score (nSPS) is 14.9. The molecule has 1 aliphatic rings. The molecule has 0 saturated heterocycles. The van der Waals surface area contributed by atoms with Crippen LogP contribution in [0.15, 0.2) is 60.8 Å². The van der Waals surface area contributed by atoms with Crippen LogP contribution in [-0.2, 0) is 34.3 Å². The molecule has 0 spiro atoms. The van der Waals surface area contributed by atoms with Crippen LogP contribution < -0.4 is 14.6 Å². The Hall–Kier alpha value is -4.62. The molecule has 0 fully saturated rings. The fourth-order valence-corrected chi connectivity index (χ4v) is 7.15. The Morgan fingerprint density at radius 2 is 1.73 bits per heavy atom. The van der Waals surface area contributed by atoms with Crippen LogP contribution in [0.2, 0.25) is 18.1 Å². The summed E-state index contributed by atoms with van der Waals surface area (Å²) in [4.78, 5) is 35.0. The maximum atomic E-state index is 14.8. The number of anilines is 1. The smallest absolute Gasteiger partial charge is 0.408 e. The predicted molar refractivity (Wildman–Crippen MR) is 204 cm³/mol. The van der Waals surface area contributed by atoms with Crippen LogP contribution in [0.4, 0.5) is 14.9 Å². The largest absolute Gasteiger partial charge is 0.530 e. The number of amides is 2. The number of benzene rings is 2. The summed E-state index contributed by atoms with van der Waals surface area (Å²) in [6, 6.07) is 15.3. The third kappa shape index (κ3) is 8.31. The molecular weight excluding hydrogens is 660 g/mol. The van der Waals surface area contributed by atoms with Gasteiger partial charge in [-0.3, -0.25) is 4.79 Å². The quantitative estimate of drug-likeness (QED) is 0.139. The molecule has 51 heavy (non-hydrogen) atoms. The van der Waals surface area contributed by atoms with E-state index in [1.54, 1.807) is 37.8 Å². The number of halogens is 1. The number of pyridine rings is 1. The van der Waals surface area contributed by atoms with Crippen LogP contribution in [0.5, 0.6) is 5.88 Å². The Labute approximate surface area is 302 Å². The molecule has 2 amide bonds. The highest BCUT2D eigenvalue weighted by Gasteiger charge is 2.45. The van der Waals surface area contributed by atoms with Crippen molar-refractivity contribution in [1.29, 1.82) is 0 Å². The van der Waals surface area contributed by atoms with E-state index in [2.05, 4.69) is 58.9 Å². The molecule has 1 N–H and O–H groups in total. The lowest BCUT2D eigenvalue weighted by atomic mass is 9.91. The summed E-state index contributed by atoms with van der Waals surface area (Å²) in [6.45, 7) is 21.1. The monoisotopic (exact) mass is 710 g/mol. The summed E-state index contributed by atoms with van der Waals surface area (Å²) < 4.78 is 28.4. The van der Waals surface area contributed by atoms with Gasteiger partial charge in [0, 0.05) is 47.5 Å². The summed E-state index contributed by atoms with van der Waals surface area (Å²) in [7, 11) is -2.33. The van der Waals surface area contributed by atoms with Crippen LogP contribution in [0, 0.1) is 18.2 Å². The number of terminal acetylenes is 1. The summed E-state index contributed by atoms with van der Waals surface area (Å²) >= 11 is 0. The van der Waals surface area contributed by atoms with E-state index in [9.17, 15) is 14.0 Å². The first-order valence-corrected chi connectivity index (χ1v) is 20.4. The molecule has 4 aromatic rings. The van der Waals surface area contributed by atoms with E-state index in [1.807, 2.05) is 41.1 Å². The SMILES string of the molecule is C#CCn1cc(C[C@H](NC(=O)OC(C)(C)C)C(=O)N2CC(C)(C)c3nc(O[Si](C)(C)C(C)(C)C)c(Cc4ccc(F)cc4)cc32)c2ccccc21. The highest BCUT2D eigenvalue weighted by Crippen LogP contribution is 2.44. The highest BCUT2D eigenvalue weighted by molar-refractivity contribution is 6.74. The third-order valence-electron chi connectivity index (χ3n) is 9.80. The predicted octanol–water partition coefficient (Wildman–Crippen LogP) is 8.54. The van der Waals surface area contributed by atoms with Crippen LogP contribution in [0.1, 0.15) is 77.8 Å². The number of para-hydroxylation sites is 1. The zero-order valence-corrected chi connectivity index (χ0v) is 32.6. The summed E-state index contributed by atoms with van der Waals surface area (Å²) in [6.07, 6.45) is 7.61. The van der Waals surface area contributed by atoms with Crippen molar-refractivity contribution in [2.75, 3.05) is 11.4 Å². The van der Waals surface area contributed by atoms with Gasteiger partial charge in [0.2, 0.25) is 11.8 Å². The highest BCUT2D eigenvalue weighted by atomic mass is 28.4. The Kier molecular flexibility index (Phi) is 10.2. The van der Waals surface area contributed by atoms with Gasteiger partial charge in [-0.05, 0) is 74.3 Å². The molecule has 0 unspecified atom stereocenters. The van der Waals surface area contributed by atoms with Gasteiger partial charge in [-0.25, -0.2) is 14.2 Å². The first kappa shape index (κ1) is 37.6. The lowest BCUT2D eigenvalue weighted by Crippen LogP contribution is -2.51. The molecular formula is C41H51FN4O4Si. The summed E-state index contributed by atoms with van der Waals surface area (Å²) in [5.74, 6) is 2.65. The number of aromatic nitrogens is 2. The maximum absolute atomic E-state index is 14.8. The minimum Gasteiger partial charge on any atom is -0.530 e. The second kappa shape index (κ2) is 13.8. The van der Waals surface area contributed by atoms with E-state index in [0.29, 0.717) is 31.1 Å². The molecule has 0 aliphatic carbocycles. The van der Waals surface area contributed by atoms with Crippen molar-refractivity contribution in [2.24, 2.45) is 0 Å². The Morgan fingerprint density at radius 3 is 2.35 bits per heavy atom. The number of alkyl carbamates (subject to hydrolysis) is 1. The van der Waals surface area contributed by atoms with Gasteiger partial charge in [-0.1, -0.05) is 70.9 Å². The Balaban J connectivity index is 1.60. The first-order chi connectivity index (χ1) is 23.7. The summed E-state index contributed by atoms with van der Waals surface area (Å²) in [5.41, 5.74) is 3.64. The fraction of sp³-hybridized carbons (Fsp3) is 0.439. The number of ether oxygens (including phenoxy) is 1. The average Bonchev–Trinajstić information content (AvgIpc) is 3.49. The topological polar surface area (TPSA) is 85.7 Å². The molecule has 2 aromatic carbocycles. The number of nitrogens with zero attached hydrogens (tertiary/aromatic N) is 3. The molecule has 0 bridgehead atoms.